The van der Waals surface area contributed by atoms with E-state index < -0.39 is 0 Å². The first-order valence-electron chi connectivity index (χ1n) is 6.37. The molecular formula is C16H21N3O. The first kappa shape index (κ1) is 15.7. The Kier molecular flexibility index (Phi) is 6.23. The molecule has 0 fully saturated rings. The summed E-state index contributed by atoms with van der Waals surface area (Å²) in [6.45, 7) is 0. The van der Waals surface area contributed by atoms with Crippen molar-refractivity contribution < 1.29 is 0 Å². The molecular weight excluding hydrogens is 250 g/mol. The highest BCUT2D eigenvalue weighted by Gasteiger charge is 1.94. The molecule has 0 unspecified atom stereocenters. The van der Waals surface area contributed by atoms with E-state index in [1.54, 1.807) is 12.1 Å². The molecule has 4 heteroatoms. The van der Waals surface area contributed by atoms with Crippen LogP contribution in [0, 0.1) is 4.91 Å². The van der Waals surface area contributed by atoms with Crippen LogP contribution in [0.4, 0.5) is 17.1 Å². The molecule has 0 N–H and O–H groups in total. The maximum absolute atomic E-state index is 10.0. The van der Waals surface area contributed by atoms with Crippen molar-refractivity contribution in [2.75, 3.05) is 38.0 Å². The van der Waals surface area contributed by atoms with Gasteiger partial charge in [0.05, 0.1) is 0 Å². The van der Waals surface area contributed by atoms with Crippen molar-refractivity contribution in [1.82, 2.24) is 0 Å². The predicted molar refractivity (Wildman–Crippen MR) is 87.0 cm³/mol. The van der Waals surface area contributed by atoms with Crippen LogP contribution in [0.1, 0.15) is 0 Å². The van der Waals surface area contributed by atoms with Gasteiger partial charge in [0.15, 0.2) is 0 Å². The van der Waals surface area contributed by atoms with Gasteiger partial charge < -0.3 is 9.80 Å². The molecule has 106 valence electrons. The van der Waals surface area contributed by atoms with Gasteiger partial charge in [-0.2, -0.15) is 0 Å². The van der Waals surface area contributed by atoms with Crippen molar-refractivity contribution in [2.24, 2.45) is 5.18 Å². The number of rotatable bonds is 3. The monoisotopic (exact) mass is 271 g/mol. The van der Waals surface area contributed by atoms with Crippen LogP contribution in [-0.4, -0.2) is 28.2 Å². The Morgan fingerprint density at radius 1 is 0.700 bits per heavy atom. The maximum Gasteiger partial charge on any atom is 0.108 e. The molecule has 2 aromatic rings. The maximum atomic E-state index is 10.0. The highest BCUT2D eigenvalue weighted by Crippen LogP contribution is 2.17. The summed E-state index contributed by atoms with van der Waals surface area (Å²) >= 11 is 0. The smallest absolute Gasteiger partial charge is 0.108 e. The summed E-state index contributed by atoms with van der Waals surface area (Å²) in [4.78, 5) is 14.1. The number of hydrogen-bond acceptors (Lipinski definition) is 4. The number of anilines is 2. The van der Waals surface area contributed by atoms with Crippen LogP contribution < -0.4 is 9.80 Å². The lowest BCUT2D eigenvalue weighted by Crippen LogP contribution is -2.07. The fourth-order valence-electron chi connectivity index (χ4n) is 1.54. The van der Waals surface area contributed by atoms with Crippen LogP contribution in [0.2, 0.25) is 0 Å². The molecule has 0 saturated carbocycles. The first-order valence-corrected chi connectivity index (χ1v) is 6.37. The van der Waals surface area contributed by atoms with E-state index in [2.05, 4.69) is 22.2 Å². The molecule has 0 atom stereocenters. The zero-order valence-corrected chi connectivity index (χ0v) is 12.4. The second-order valence-electron chi connectivity index (χ2n) is 4.73. The molecule has 0 radical (unpaired) electrons. The Morgan fingerprint density at radius 2 is 1.15 bits per heavy atom. The first-order chi connectivity index (χ1) is 9.54. The van der Waals surface area contributed by atoms with Gasteiger partial charge >= 0.3 is 0 Å². The summed E-state index contributed by atoms with van der Waals surface area (Å²) in [5.74, 6) is 0. The lowest BCUT2D eigenvalue weighted by Gasteiger charge is -2.10. The van der Waals surface area contributed by atoms with E-state index in [1.807, 2.05) is 63.4 Å². The van der Waals surface area contributed by atoms with E-state index in [4.69, 9.17) is 0 Å². The van der Waals surface area contributed by atoms with Gasteiger partial charge in [-0.3, -0.25) is 0 Å². The lowest BCUT2D eigenvalue weighted by molar-refractivity contribution is 1.13. The Labute approximate surface area is 120 Å². The third-order valence-electron chi connectivity index (χ3n) is 2.74. The van der Waals surface area contributed by atoms with Crippen LogP contribution in [0.5, 0.6) is 0 Å². The fourth-order valence-corrected chi connectivity index (χ4v) is 1.54. The molecule has 0 spiro atoms. The Hall–Kier alpha value is -2.36. The summed E-state index contributed by atoms with van der Waals surface area (Å²) in [7, 11) is 7.97. The quantitative estimate of drug-likeness (QED) is 0.794. The van der Waals surface area contributed by atoms with E-state index in [1.165, 1.54) is 5.69 Å². The topological polar surface area (TPSA) is 35.9 Å². The molecule has 0 bridgehead atoms. The minimum Gasteiger partial charge on any atom is -0.378 e. The van der Waals surface area contributed by atoms with Crippen molar-refractivity contribution in [1.29, 1.82) is 0 Å². The summed E-state index contributed by atoms with van der Waals surface area (Å²) in [5.41, 5.74) is 2.78. The van der Waals surface area contributed by atoms with Gasteiger partial charge in [-0.1, -0.05) is 18.2 Å². The SMILES string of the molecule is CN(C)c1ccc(N=O)cc1.CN(C)c1ccccc1. The normalized spacial score (nSPS) is 9.20. The third-order valence-corrected chi connectivity index (χ3v) is 2.74. The number of benzene rings is 2. The Morgan fingerprint density at radius 3 is 1.50 bits per heavy atom. The van der Waals surface area contributed by atoms with E-state index in [-0.39, 0.29) is 0 Å². The van der Waals surface area contributed by atoms with E-state index in [0.29, 0.717) is 5.69 Å². The average Bonchev–Trinajstić information content (AvgIpc) is 2.49. The molecule has 0 aromatic heterocycles. The molecule has 0 saturated heterocycles. The minimum atomic E-state index is 0.468. The Balaban J connectivity index is 0.000000204. The van der Waals surface area contributed by atoms with Crippen LogP contribution in [-0.2, 0) is 0 Å². The third kappa shape index (κ3) is 5.10. The van der Waals surface area contributed by atoms with E-state index in [9.17, 15) is 4.91 Å². The molecule has 2 rings (SSSR count). The standard InChI is InChI=1S/C8H10N2O.C8H11N/c1-10(2)8-5-3-7(9-11)4-6-8;1-9(2)8-6-4-3-5-7-8/h3-6H,1-2H3;3-7H,1-2H3. The summed E-state index contributed by atoms with van der Waals surface area (Å²) < 4.78 is 0. The van der Waals surface area contributed by atoms with Gasteiger partial charge in [0.2, 0.25) is 0 Å². The molecule has 20 heavy (non-hydrogen) atoms. The number of para-hydroxylation sites is 1. The van der Waals surface area contributed by atoms with Gasteiger partial charge in [-0.05, 0) is 41.6 Å². The molecule has 0 amide bonds. The zero-order chi connectivity index (χ0) is 15.0. The van der Waals surface area contributed by atoms with Crippen molar-refractivity contribution >= 4 is 17.1 Å². The number of nitrogens with zero attached hydrogens (tertiary/aromatic N) is 3. The summed E-state index contributed by atoms with van der Waals surface area (Å²) in [6, 6.07) is 17.4. The second kappa shape index (κ2) is 7.94. The molecule has 2 aromatic carbocycles. The highest BCUT2D eigenvalue weighted by atomic mass is 16.3. The molecule has 0 aliphatic carbocycles. The largest absolute Gasteiger partial charge is 0.378 e. The van der Waals surface area contributed by atoms with Crippen molar-refractivity contribution in [2.45, 2.75) is 0 Å². The van der Waals surface area contributed by atoms with Gasteiger partial charge in [0.25, 0.3) is 0 Å². The second-order valence-corrected chi connectivity index (χ2v) is 4.73. The van der Waals surface area contributed by atoms with Crippen LogP contribution in [0.25, 0.3) is 0 Å². The molecule has 0 aliphatic heterocycles. The average molecular weight is 271 g/mol. The fraction of sp³-hybridized carbons (Fsp3) is 0.250. The summed E-state index contributed by atoms with van der Waals surface area (Å²) in [5, 5.41) is 2.80. The van der Waals surface area contributed by atoms with Gasteiger partial charge in [-0.25, -0.2) is 0 Å². The van der Waals surface area contributed by atoms with Crippen LogP contribution in [0.15, 0.2) is 59.8 Å². The highest BCUT2D eigenvalue weighted by molar-refractivity contribution is 5.51. The van der Waals surface area contributed by atoms with Gasteiger partial charge in [0, 0.05) is 39.6 Å². The predicted octanol–water partition coefficient (Wildman–Crippen LogP) is 3.90. The van der Waals surface area contributed by atoms with Crippen LogP contribution in [0.3, 0.4) is 0 Å². The number of nitroso groups, excluding NO2 is 1. The van der Waals surface area contributed by atoms with Gasteiger partial charge in [-0.15, -0.1) is 4.91 Å². The molecule has 0 aliphatic rings. The van der Waals surface area contributed by atoms with Gasteiger partial charge in [0.1, 0.15) is 5.69 Å². The van der Waals surface area contributed by atoms with Crippen molar-refractivity contribution in [3.05, 3.63) is 59.5 Å². The van der Waals surface area contributed by atoms with Crippen LogP contribution >= 0.6 is 0 Å². The van der Waals surface area contributed by atoms with Crippen molar-refractivity contribution in [3.8, 4) is 0 Å². The Bertz CT molecular complexity index is 507. The zero-order valence-electron chi connectivity index (χ0n) is 12.4. The summed E-state index contributed by atoms with van der Waals surface area (Å²) in [6.07, 6.45) is 0. The lowest BCUT2D eigenvalue weighted by atomic mass is 10.3. The minimum absolute atomic E-state index is 0.468. The van der Waals surface area contributed by atoms with E-state index >= 15 is 0 Å². The molecule has 0 heterocycles. The van der Waals surface area contributed by atoms with E-state index in [0.717, 1.165) is 5.69 Å². The number of hydrogen-bond donors (Lipinski definition) is 0. The molecule has 4 nitrogen and oxygen atoms in total. The van der Waals surface area contributed by atoms with Crippen molar-refractivity contribution in [3.63, 3.8) is 0 Å².